The van der Waals surface area contributed by atoms with E-state index >= 15 is 0 Å². The van der Waals surface area contributed by atoms with Crippen LogP contribution >= 0.6 is 11.6 Å². The highest BCUT2D eigenvalue weighted by Gasteiger charge is 2.23. The standard InChI is InChI=1S/C17H27ClN2/c1-4-10-20-11-8-15(9-12-20)14(3)19-17-7-5-6-16(18)13(17)2/h5-7,14-15,19H,4,8-12H2,1-3H3. The predicted molar refractivity (Wildman–Crippen MR) is 88.7 cm³/mol. The lowest BCUT2D eigenvalue weighted by atomic mass is 9.90. The van der Waals surface area contributed by atoms with E-state index in [1.54, 1.807) is 0 Å². The fourth-order valence-electron chi connectivity index (χ4n) is 3.12. The lowest BCUT2D eigenvalue weighted by Gasteiger charge is -2.35. The van der Waals surface area contributed by atoms with Gasteiger partial charge in [0.1, 0.15) is 0 Å². The van der Waals surface area contributed by atoms with Gasteiger partial charge in [-0.25, -0.2) is 0 Å². The summed E-state index contributed by atoms with van der Waals surface area (Å²) >= 11 is 6.19. The molecule has 0 saturated carbocycles. The fraction of sp³-hybridized carbons (Fsp3) is 0.647. The minimum Gasteiger partial charge on any atom is -0.382 e. The van der Waals surface area contributed by atoms with Crippen molar-refractivity contribution in [3.05, 3.63) is 28.8 Å². The molecule has 1 unspecified atom stereocenters. The Balaban J connectivity index is 1.89. The van der Waals surface area contributed by atoms with E-state index < -0.39 is 0 Å². The number of nitrogens with one attached hydrogen (secondary N) is 1. The number of halogens is 1. The van der Waals surface area contributed by atoms with Gasteiger partial charge in [-0.2, -0.15) is 0 Å². The van der Waals surface area contributed by atoms with Crippen LogP contribution in [0.5, 0.6) is 0 Å². The van der Waals surface area contributed by atoms with E-state index in [-0.39, 0.29) is 0 Å². The van der Waals surface area contributed by atoms with Gasteiger partial charge in [0.05, 0.1) is 0 Å². The third kappa shape index (κ3) is 3.89. The molecule has 3 heteroatoms. The second-order valence-corrected chi connectivity index (χ2v) is 6.43. The zero-order valence-corrected chi connectivity index (χ0v) is 13.7. The molecule has 1 aromatic rings. The van der Waals surface area contributed by atoms with Crippen LogP contribution in [0.25, 0.3) is 0 Å². The van der Waals surface area contributed by atoms with Gasteiger partial charge in [-0.3, -0.25) is 0 Å². The quantitative estimate of drug-likeness (QED) is 0.856. The molecule has 1 saturated heterocycles. The molecule has 1 aliphatic heterocycles. The number of piperidine rings is 1. The Kier molecular flexibility index (Phi) is 5.74. The minimum absolute atomic E-state index is 0.510. The summed E-state index contributed by atoms with van der Waals surface area (Å²) in [5.41, 5.74) is 2.34. The molecule has 0 spiro atoms. The average molecular weight is 295 g/mol. The lowest BCUT2D eigenvalue weighted by molar-refractivity contribution is 0.176. The third-order valence-electron chi connectivity index (χ3n) is 4.53. The number of hydrogen-bond acceptors (Lipinski definition) is 2. The highest BCUT2D eigenvalue weighted by molar-refractivity contribution is 6.31. The van der Waals surface area contributed by atoms with E-state index in [1.165, 1.54) is 44.6 Å². The Labute approximate surface area is 128 Å². The molecule has 1 aromatic carbocycles. The maximum absolute atomic E-state index is 6.19. The van der Waals surface area contributed by atoms with Crippen LogP contribution in [0.4, 0.5) is 5.69 Å². The fourth-order valence-corrected chi connectivity index (χ4v) is 3.29. The maximum Gasteiger partial charge on any atom is 0.0455 e. The van der Waals surface area contributed by atoms with Crippen LogP contribution in [-0.2, 0) is 0 Å². The van der Waals surface area contributed by atoms with Crippen LogP contribution in [0.1, 0.15) is 38.7 Å². The summed E-state index contributed by atoms with van der Waals surface area (Å²) in [4.78, 5) is 2.59. The molecule has 112 valence electrons. The number of rotatable bonds is 5. The number of hydrogen-bond donors (Lipinski definition) is 1. The normalized spacial score (nSPS) is 19.0. The monoisotopic (exact) mass is 294 g/mol. The van der Waals surface area contributed by atoms with Gasteiger partial charge in [-0.05, 0) is 76.4 Å². The van der Waals surface area contributed by atoms with Crippen molar-refractivity contribution in [2.45, 2.75) is 46.1 Å². The highest BCUT2D eigenvalue weighted by atomic mass is 35.5. The van der Waals surface area contributed by atoms with Crippen molar-refractivity contribution in [1.29, 1.82) is 0 Å². The Morgan fingerprint density at radius 3 is 2.70 bits per heavy atom. The van der Waals surface area contributed by atoms with Crippen molar-refractivity contribution >= 4 is 17.3 Å². The van der Waals surface area contributed by atoms with E-state index in [9.17, 15) is 0 Å². The Hall–Kier alpha value is -0.730. The predicted octanol–water partition coefficient (Wildman–Crippen LogP) is 4.57. The van der Waals surface area contributed by atoms with E-state index in [4.69, 9.17) is 11.6 Å². The Morgan fingerprint density at radius 1 is 1.35 bits per heavy atom. The van der Waals surface area contributed by atoms with Crippen LogP contribution in [0.15, 0.2) is 18.2 Å². The first-order valence-corrected chi connectivity index (χ1v) is 8.23. The highest BCUT2D eigenvalue weighted by Crippen LogP contribution is 2.27. The summed E-state index contributed by atoms with van der Waals surface area (Å²) in [6.07, 6.45) is 3.86. The summed E-state index contributed by atoms with van der Waals surface area (Å²) in [6, 6.07) is 6.62. The molecule has 1 aliphatic rings. The van der Waals surface area contributed by atoms with Crippen molar-refractivity contribution in [2.75, 3.05) is 25.0 Å². The molecule has 0 bridgehead atoms. The van der Waals surface area contributed by atoms with Gasteiger partial charge in [0, 0.05) is 16.8 Å². The zero-order valence-electron chi connectivity index (χ0n) is 13.0. The van der Waals surface area contributed by atoms with Crippen LogP contribution in [-0.4, -0.2) is 30.6 Å². The first kappa shape index (κ1) is 15.7. The molecule has 1 atom stereocenters. The molecule has 20 heavy (non-hydrogen) atoms. The zero-order chi connectivity index (χ0) is 14.5. The van der Waals surface area contributed by atoms with Crippen LogP contribution in [0, 0.1) is 12.8 Å². The molecule has 2 nitrogen and oxygen atoms in total. The molecular formula is C17H27ClN2. The molecule has 1 N–H and O–H groups in total. The lowest BCUT2D eigenvalue weighted by Crippen LogP contribution is -2.39. The van der Waals surface area contributed by atoms with E-state index in [2.05, 4.69) is 37.1 Å². The number of likely N-dealkylation sites (tertiary alicyclic amines) is 1. The molecule has 1 heterocycles. The van der Waals surface area contributed by atoms with E-state index in [0.29, 0.717) is 6.04 Å². The number of nitrogens with zero attached hydrogens (tertiary/aromatic N) is 1. The van der Waals surface area contributed by atoms with Crippen LogP contribution in [0.3, 0.4) is 0 Å². The largest absolute Gasteiger partial charge is 0.382 e. The number of anilines is 1. The van der Waals surface area contributed by atoms with Crippen molar-refractivity contribution in [1.82, 2.24) is 4.90 Å². The smallest absolute Gasteiger partial charge is 0.0455 e. The van der Waals surface area contributed by atoms with Gasteiger partial charge in [-0.15, -0.1) is 0 Å². The average Bonchev–Trinajstić information content (AvgIpc) is 2.45. The molecule has 2 rings (SSSR count). The summed E-state index contributed by atoms with van der Waals surface area (Å²) in [5.74, 6) is 0.765. The number of benzene rings is 1. The van der Waals surface area contributed by atoms with Crippen molar-refractivity contribution in [2.24, 2.45) is 5.92 Å². The van der Waals surface area contributed by atoms with Gasteiger partial charge in [0.15, 0.2) is 0 Å². The van der Waals surface area contributed by atoms with E-state index in [1.807, 2.05) is 12.1 Å². The van der Waals surface area contributed by atoms with Crippen molar-refractivity contribution in [3.8, 4) is 0 Å². The summed E-state index contributed by atoms with van der Waals surface area (Å²) in [7, 11) is 0. The van der Waals surface area contributed by atoms with Gasteiger partial charge in [0.2, 0.25) is 0 Å². The molecule has 1 fully saturated rings. The molecule has 0 amide bonds. The molecule has 0 radical (unpaired) electrons. The van der Waals surface area contributed by atoms with Gasteiger partial charge < -0.3 is 10.2 Å². The minimum atomic E-state index is 0.510. The molecule has 0 aromatic heterocycles. The van der Waals surface area contributed by atoms with Crippen molar-refractivity contribution < 1.29 is 0 Å². The van der Waals surface area contributed by atoms with Gasteiger partial charge in [0.25, 0.3) is 0 Å². The van der Waals surface area contributed by atoms with Gasteiger partial charge in [-0.1, -0.05) is 24.6 Å². The third-order valence-corrected chi connectivity index (χ3v) is 4.94. The van der Waals surface area contributed by atoms with Crippen molar-refractivity contribution in [3.63, 3.8) is 0 Å². The SMILES string of the molecule is CCCN1CCC(C(C)Nc2cccc(Cl)c2C)CC1. The first-order chi connectivity index (χ1) is 9.61. The van der Waals surface area contributed by atoms with Crippen LogP contribution < -0.4 is 5.32 Å². The Bertz CT molecular complexity index is 425. The summed E-state index contributed by atoms with van der Waals surface area (Å²) in [5, 5.41) is 4.51. The van der Waals surface area contributed by atoms with E-state index in [0.717, 1.165) is 16.5 Å². The molecule has 0 aliphatic carbocycles. The second-order valence-electron chi connectivity index (χ2n) is 6.02. The second kappa shape index (κ2) is 7.33. The maximum atomic E-state index is 6.19. The topological polar surface area (TPSA) is 15.3 Å². The summed E-state index contributed by atoms with van der Waals surface area (Å²) in [6.45, 7) is 10.4. The summed E-state index contributed by atoms with van der Waals surface area (Å²) < 4.78 is 0. The first-order valence-electron chi connectivity index (χ1n) is 7.85. The van der Waals surface area contributed by atoms with Gasteiger partial charge >= 0.3 is 0 Å². The van der Waals surface area contributed by atoms with Crippen LogP contribution in [0.2, 0.25) is 5.02 Å². The Morgan fingerprint density at radius 2 is 2.05 bits per heavy atom. The molecular weight excluding hydrogens is 268 g/mol.